The van der Waals surface area contributed by atoms with Crippen LogP contribution in [0.5, 0.6) is 5.75 Å². The van der Waals surface area contributed by atoms with Crippen LogP contribution in [-0.4, -0.2) is 156 Å². The molecule has 0 N–H and O–H groups in total. The number of amides is 2. The van der Waals surface area contributed by atoms with Gasteiger partial charge in [0.05, 0.1) is 72.2 Å². The van der Waals surface area contributed by atoms with Crippen molar-refractivity contribution in [3.05, 3.63) is 239 Å². The van der Waals surface area contributed by atoms with E-state index in [4.69, 9.17) is 23.0 Å². The van der Waals surface area contributed by atoms with Gasteiger partial charge >= 0.3 is 23.2 Å². The SMILES string of the molecule is CCOC(=O)c1c(N2CCN(C(=O)c3ccco3)CC2)c2ccccc2n(Cc2ccc(OC)cc2)c1=O.CCOC(=O)c1c(N2CCN(Cc3ccccc3)CC2)c2ccccc2n(C)c1=O.O=C(c1ccco1)N1CCN(c2c([N+](=O)[O-])c(=O)n(CC3CC3)c3ccccc23)CC1. The van der Waals surface area contributed by atoms with Crippen molar-refractivity contribution in [1.29, 1.82) is 0 Å². The Balaban J connectivity index is 0.000000142. The van der Waals surface area contributed by atoms with E-state index in [0.29, 0.717) is 98.3 Å². The van der Waals surface area contributed by atoms with Crippen LogP contribution in [0.15, 0.2) is 187 Å². The van der Waals surface area contributed by atoms with Crippen LogP contribution in [0.1, 0.15) is 79.6 Å². The van der Waals surface area contributed by atoms with Crippen molar-refractivity contribution in [2.75, 3.05) is 114 Å². The Kier molecular flexibility index (Phi) is 20.8. The highest BCUT2D eigenvalue weighted by Crippen LogP contribution is 2.38. The lowest BCUT2D eigenvalue weighted by molar-refractivity contribution is -0.385. The van der Waals surface area contributed by atoms with E-state index in [1.807, 2.05) is 113 Å². The number of furan rings is 2. The molecule has 14 rings (SSSR count). The Morgan fingerprint density at radius 1 is 0.495 bits per heavy atom. The van der Waals surface area contributed by atoms with Gasteiger partial charge < -0.3 is 61.2 Å². The second-order valence-corrected chi connectivity index (χ2v) is 24.6. The molecule has 2 amide bonds. The van der Waals surface area contributed by atoms with Gasteiger partial charge in [0.2, 0.25) is 0 Å². The number of fused-ring (bicyclic) bond motifs is 3. The van der Waals surface area contributed by atoms with E-state index >= 15 is 0 Å². The molecule has 4 fully saturated rings. The van der Waals surface area contributed by atoms with Crippen molar-refractivity contribution in [2.45, 2.75) is 46.3 Å². The van der Waals surface area contributed by atoms with E-state index in [1.54, 1.807) is 71.2 Å². The first-order valence-electron chi connectivity index (χ1n) is 33.4. The van der Waals surface area contributed by atoms with Crippen LogP contribution >= 0.6 is 0 Å². The van der Waals surface area contributed by atoms with Crippen molar-refractivity contribution in [1.82, 2.24) is 28.4 Å². The number of piperazine rings is 3. The molecule has 0 spiro atoms. The number of para-hydroxylation sites is 3. The van der Waals surface area contributed by atoms with Crippen molar-refractivity contribution < 1.29 is 47.1 Å². The molecular formula is C75H78N10O14. The summed E-state index contributed by atoms with van der Waals surface area (Å²) in [7, 11) is 3.30. The van der Waals surface area contributed by atoms with E-state index in [1.165, 1.54) is 22.7 Å². The van der Waals surface area contributed by atoms with Crippen molar-refractivity contribution in [2.24, 2.45) is 13.0 Å². The van der Waals surface area contributed by atoms with Gasteiger partial charge in [-0.25, -0.2) is 9.59 Å². The Hall–Kier alpha value is -11.3. The van der Waals surface area contributed by atoms with Crippen LogP contribution in [0, 0.1) is 16.0 Å². The molecule has 8 heterocycles. The Bertz CT molecular complexity index is 4750. The average Bonchev–Trinajstić information content (AvgIpc) is 1.76. The number of carbonyl (C=O) groups is 4. The first kappa shape index (κ1) is 67.7. The number of pyridine rings is 3. The minimum Gasteiger partial charge on any atom is -0.497 e. The fourth-order valence-electron chi connectivity index (χ4n) is 13.3. The van der Waals surface area contributed by atoms with E-state index in [2.05, 4.69) is 34.1 Å². The largest absolute Gasteiger partial charge is 0.497 e. The zero-order valence-electron chi connectivity index (χ0n) is 55.8. The third kappa shape index (κ3) is 14.6. The molecule has 0 unspecified atom stereocenters. The van der Waals surface area contributed by atoms with Crippen LogP contribution in [0.2, 0.25) is 0 Å². The predicted octanol–water partition coefficient (Wildman–Crippen LogP) is 9.70. The van der Waals surface area contributed by atoms with Gasteiger partial charge in [-0.15, -0.1) is 0 Å². The lowest BCUT2D eigenvalue weighted by Gasteiger charge is -2.37. The lowest BCUT2D eigenvalue weighted by Crippen LogP contribution is -2.49. The molecule has 24 heteroatoms. The van der Waals surface area contributed by atoms with Crippen LogP contribution in [0.3, 0.4) is 0 Å². The molecular weight excluding hydrogens is 1260 g/mol. The molecule has 1 saturated carbocycles. The summed E-state index contributed by atoms with van der Waals surface area (Å²) >= 11 is 0. The Morgan fingerprint density at radius 3 is 1.42 bits per heavy atom. The van der Waals surface area contributed by atoms with Crippen molar-refractivity contribution >= 4 is 79.2 Å². The topological polar surface area (TPSA) is 251 Å². The summed E-state index contributed by atoms with van der Waals surface area (Å²) in [4.78, 5) is 115. The summed E-state index contributed by atoms with van der Waals surface area (Å²) in [5.41, 5.74) is 4.49. The number of aryl methyl sites for hydroxylation is 1. The smallest absolute Gasteiger partial charge is 0.357 e. The molecule has 5 aromatic carbocycles. The fraction of sp³-hybridized carbons (Fsp3) is 0.320. The van der Waals surface area contributed by atoms with Crippen LogP contribution in [0.25, 0.3) is 32.7 Å². The molecule has 4 aliphatic rings. The second kappa shape index (κ2) is 30.4. The number of hydrogen-bond acceptors (Lipinski definition) is 18. The number of nitrogens with zero attached hydrogens (tertiary/aromatic N) is 10. The molecule has 5 aromatic heterocycles. The fourth-order valence-corrected chi connectivity index (χ4v) is 13.3. The first-order chi connectivity index (χ1) is 48.1. The summed E-state index contributed by atoms with van der Waals surface area (Å²) in [5, 5.41) is 14.4. The van der Waals surface area contributed by atoms with E-state index in [-0.39, 0.29) is 65.5 Å². The van der Waals surface area contributed by atoms with E-state index in [0.717, 1.165) is 73.2 Å². The molecule has 3 saturated heterocycles. The van der Waals surface area contributed by atoms with Gasteiger partial charge in [-0.1, -0.05) is 97.1 Å². The van der Waals surface area contributed by atoms with Crippen molar-refractivity contribution in [3.8, 4) is 5.75 Å². The van der Waals surface area contributed by atoms with Gasteiger partial charge in [0, 0.05) is 115 Å². The summed E-state index contributed by atoms with van der Waals surface area (Å²) < 4.78 is 31.0. The Morgan fingerprint density at radius 2 is 0.939 bits per heavy atom. The highest BCUT2D eigenvalue weighted by atomic mass is 16.6. The minimum absolute atomic E-state index is 0.00451. The van der Waals surface area contributed by atoms with E-state index in [9.17, 15) is 43.7 Å². The van der Waals surface area contributed by atoms with E-state index < -0.39 is 28.0 Å². The summed E-state index contributed by atoms with van der Waals surface area (Å²) in [6, 6.07) is 47.2. The average molecular weight is 1340 g/mol. The van der Waals surface area contributed by atoms with Crippen molar-refractivity contribution in [3.63, 3.8) is 0 Å². The molecule has 99 heavy (non-hydrogen) atoms. The molecule has 0 atom stereocenters. The standard InChI is InChI=1S/C29H29N3O6.C24H27N3O3.C22H22N4O5/c1-3-37-29(35)25-26(30-14-16-31(17-15-30)27(33)24-9-6-18-38-24)22-7-4-5-8-23(22)32(28(25)34)19-20-10-12-21(36-2)13-11-20;1-3-30-24(29)21-22(19-11-7-8-12-20(19)25(2)23(21)28)27-15-13-26(14-16-27)17-18-9-5-4-6-10-18;27-21(18-6-3-13-31-18)24-11-9-23(10-12-24)19-16-4-1-2-5-17(16)25(14-15-7-8-15)22(28)20(19)26(29)30/h4-13,18H,3,14-17,19H2,1-2H3;4-12H,3,13-17H2,1-2H3;1-6,13,15H,7-12,14H2. The second-order valence-electron chi connectivity index (χ2n) is 24.6. The van der Waals surface area contributed by atoms with Gasteiger partial charge in [0.1, 0.15) is 22.6 Å². The molecule has 512 valence electrons. The van der Waals surface area contributed by atoms with Gasteiger partial charge in [0.25, 0.3) is 22.9 Å². The van der Waals surface area contributed by atoms with Gasteiger partial charge in [0.15, 0.2) is 11.5 Å². The maximum absolute atomic E-state index is 14.0. The number of methoxy groups -OCH3 is 1. The predicted molar refractivity (Wildman–Crippen MR) is 377 cm³/mol. The highest BCUT2D eigenvalue weighted by molar-refractivity contribution is 6.07. The number of carbonyl (C=O) groups excluding carboxylic acids is 4. The molecule has 0 bridgehead atoms. The lowest BCUT2D eigenvalue weighted by atomic mass is 10.0. The third-order valence-corrected chi connectivity index (χ3v) is 18.5. The summed E-state index contributed by atoms with van der Waals surface area (Å²) in [6.45, 7) is 12.1. The number of aromatic nitrogens is 3. The third-order valence-electron chi connectivity index (χ3n) is 18.5. The maximum Gasteiger partial charge on any atom is 0.357 e. The Labute approximate surface area is 570 Å². The molecule has 10 aromatic rings. The number of hydrogen-bond donors (Lipinski definition) is 0. The molecule has 0 radical (unpaired) electrons. The monoisotopic (exact) mass is 1340 g/mol. The quantitative estimate of drug-likeness (QED) is 0.0467. The summed E-state index contributed by atoms with van der Waals surface area (Å²) in [6.07, 6.45) is 5.02. The first-order valence-corrected chi connectivity index (χ1v) is 33.4. The maximum atomic E-state index is 14.0. The normalized spacial score (nSPS) is 14.9. The van der Waals surface area contributed by atoms with Gasteiger partial charge in [-0.2, -0.15) is 0 Å². The number of rotatable bonds is 17. The highest BCUT2D eigenvalue weighted by Gasteiger charge is 2.36. The number of anilines is 3. The summed E-state index contributed by atoms with van der Waals surface area (Å²) in [5.74, 6) is 0.0935. The van der Waals surface area contributed by atoms with Gasteiger partial charge in [-0.05, 0) is 98.3 Å². The van der Waals surface area contributed by atoms with Crippen LogP contribution in [0.4, 0.5) is 22.7 Å². The van der Waals surface area contributed by atoms with Crippen LogP contribution in [-0.2, 0) is 36.2 Å². The zero-order chi connectivity index (χ0) is 69.3. The van der Waals surface area contributed by atoms with Crippen LogP contribution < -0.4 is 36.1 Å². The number of benzene rings is 5. The molecule has 3 aliphatic heterocycles. The number of esters is 2. The number of nitro groups is 1. The van der Waals surface area contributed by atoms with Gasteiger partial charge in [-0.3, -0.25) is 39.0 Å². The number of ether oxygens (including phenoxy) is 3. The minimum atomic E-state index is -0.657. The zero-order valence-corrected chi connectivity index (χ0v) is 55.8. The molecule has 24 nitrogen and oxygen atoms in total. The molecule has 1 aliphatic carbocycles.